The molecule has 61 heavy (non-hydrogen) atoms. The number of imidazole rings is 2. The topological polar surface area (TPSA) is 172 Å². The first-order chi connectivity index (χ1) is 29.6. The normalized spacial score (nSPS) is 22.6. The lowest BCUT2D eigenvalue weighted by atomic mass is 9.82. The highest BCUT2D eigenvalue weighted by Crippen LogP contribution is 2.51. The Balaban J connectivity index is 0.921. The number of H-pyrrole nitrogens is 2. The van der Waals surface area contributed by atoms with E-state index in [0.717, 1.165) is 101 Å². The zero-order valence-corrected chi connectivity index (χ0v) is 35.3. The van der Waals surface area contributed by atoms with E-state index in [1.54, 1.807) is 0 Å². The highest BCUT2D eigenvalue weighted by molar-refractivity contribution is 6.05. The van der Waals surface area contributed by atoms with Crippen LogP contribution in [0.1, 0.15) is 88.9 Å². The van der Waals surface area contributed by atoms with Gasteiger partial charge in [0.1, 0.15) is 17.7 Å². The van der Waals surface area contributed by atoms with Crippen molar-refractivity contribution in [2.45, 2.75) is 89.4 Å². The van der Waals surface area contributed by atoms with Crippen molar-refractivity contribution in [1.29, 1.82) is 0 Å². The third-order valence-corrected chi connectivity index (χ3v) is 13.7. The van der Waals surface area contributed by atoms with Gasteiger partial charge in [0.05, 0.1) is 61.6 Å². The van der Waals surface area contributed by atoms with Crippen LogP contribution in [0.5, 0.6) is 0 Å². The Hall–Kier alpha value is -5.76. The monoisotopic (exact) mass is 829 g/mol. The molecule has 3 aliphatic heterocycles. The number of methoxy groups -OCH3 is 2. The SMILES string of the molecule is COC(=O)C[C@H](C(=O)N1[C@@H]2CC[C@@H](C2)[C@H]1c1ncc(-c2ccc(-c3ccc4c(ccc5[nH]c([C@@H]6CCCN6C(=O)[C@@H](NC(=O)OC)C(C)C)nc54)c3)cc2)[nH]1)C1CCOCC1. The first kappa shape index (κ1) is 40.6. The van der Waals surface area contributed by atoms with Crippen molar-refractivity contribution in [3.8, 4) is 22.4 Å². The van der Waals surface area contributed by atoms with Crippen molar-refractivity contribution < 1.29 is 33.4 Å². The first-order valence-corrected chi connectivity index (χ1v) is 21.8. The Labute approximate surface area is 355 Å². The van der Waals surface area contributed by atoms with Gasteiger partial charge in [-0.1, -0.05) is 56.3 Å². The third kappa shape index (κ3) is 7.75. The van der Waals surface area contributed by atoms with Crippen LogP contribution >= 0.6 is 0 Å². The number of aromatic nitrogens is 4. The number of amides is 3. The molecule has 14 heteroatoms. The van der Waals surface area contributed by atoms with Gasteiger partial charge in [-0.05, 0) is 96.9 Å². The van der Waals surface area contributed by atoms with Crippen LogP contribution < -0.4 is 5.32 Å². The molecule has 0 spiro atoms. The van der Waals surface area contributed by atoms with E-state index in [9.17, 15) is 19.2 Å². The van der Waals surface area contributed by atoms with E-state index in [0.29, 0.717) is 25.7 Å². The van der Waals surface area contributed by atoms with Crippen molar-refractivity contribution >= 4 is 45.7 Å². The highest BCUT2D eigenvalue weighted by atomic mass is 16.5. The molecule has 5 aromatic rings. The second-order valence-corrected chi connectivity index (χ2v) is 17.6. The molecule has 3 N–H and O–H groups in total. The molecule has 9 rings (SSSR count). The van der Waals surface area contributed by atoms with Gasteiger partial charge in [-0.2, -0.15) is 0 Å². The molecule has 1 aliphatic carbocycles. The van der Waals surface area contributed by atoms with E-state index in [2.05, 4.69) is 68.7 Å². The smallest absolute Gasteiger partial charge is 0.407 e. The molecule has 320 valence electrons. The minimum atomic E-state index is -0.695. The molecule has 0 radical (unpaired) electrons. The zero-order chi connectivity index (χ0) is 42.4. The number of nitrogens with zero attached hydrogens (tertiary/aromatic N) is 4. The van der Waals surface area contributed by atoms with E-state index < -0.39 is 18.1 Å². The van der Waals surface area contributed by atoms with Crippen molar-refractivity contribution in [3.05, 3.63) is 72.4 Å². The summed E-state index contributed by atoms with van der Waals surface area (Å²) in [6.45, 7) is 5.62. The van der Waals surface area contributed by atoms with Crippen LogP contribution in [0.2, 0.25) is 0 Å². The molecule has 3 saturated heterocycles. The van der Waals surface area contributed by atoms with E-state index in [-0.39, 0.29) is 54.2 Å². The molecule has 2 bridgehead atoms. The quantitative estimate of drug-likeness (QED) is 0.114. The summed E-state index contributed by atoms with van der Waals surface area (Å²) >= 11 is 0. The summed E-state index contributed by atoms with van der Waals surface area (Å²) in [6, 6.07) is 18.1. The highest BCUT2D eigenvalue weighted by Gasteiger charge is 2.52. The Bertz CT molecular complexity index is 2440. The molecule has 0 unspecified atom stereocenters. The standard InChI is InChI=1S/C47H55N7O7/c1-26(2)40(52-47(58)60-4)46(57)53-19-5-6-38(53)43-49-36-16-13-31-22-30(12-15-34(31)41(36)51-43)27-7-9-29(10-8-27)37-25-48-44(50-37)42-32-11-14-33(23-32)54(42)45(56)35(24-39(55)59-3)28-17-20-61-21-18-28/h7-10,12-13,15-16,22,25-26,28,32-33,35,38,40,42H,5-6,11,14,17-21,23-24H2,1-4H3,(H,48,50)(H,49,51)(H,52,58)/t32-,33+,35-,38-,40-,42-/m0/s1. The van der Waals surface area contributed by atoms with Crippen LogP contribution in [0.25, 0.3) is 44.2 Å². The second kappa shape index (κ2) is 16.9. The Kier molecular flexibility index (Phi) is 11.3. The van der Waals surface area contributed by atoms with Gasteiger partial charge < -0.3 is 39.3 Å². The number of fused-ring (bicyclic) bond motifs is 5. The van der Waals surface area contributed by atoms with Crippen molar-refractivity contribution in [2.24, 2.45) is 23.7 Å². The molecule has 2 aromatic heterocycles. The van der Waals surface area contributed by atoms with E-state index in [1.165, 1.54) is 14.2 Å². The van der Waals surface area contributed by atoms with Crippen LogP contribution in [0.3, 0.4) is 0 Å². The molecule has 4 aliphatic rings. The fourth-order valence-electron chi connectivity index (χ4n) is 10.5. The summed E-state index contributed by atoms with van der Waals surface area (Å²) in [5, 5.41) is 4.80. The number of nitrogens with one attached hydrogen (secondary N) is 3. The van der Waals surface area contributed by atoms with E-state index in [4.69, 9.17) is 24.2 Å². The fraction of sp³-hybridized carbons (Fsp3) is 0.489. The van der Waals surface area contributed by atoms with Crippen molar-refractivity contribution in [1.82, 2.24) is 35.1 Å². The van der Waals surface area contributed by atoms with Gasteiger partial charge in [0.25, 0.3) is 0 Å². The summed E-state index contributed by atoms with van der Waals surface area (Å²) < 4.78 is 15.4. The van der Waals surface area contributed by atoms with Crippen LogP contribution in [-0.4, -0.2) is 99.7 Å². The number of piperidine rings is 1. The molecule has 6 atom stereocenters. The number of esters is 1. The van der Waals surface area contributed by atoms with Gasteiger partial charge >= 0.3 is 12.1 Å². The summed E-state index contributed by atoms with van der Waals surface area (Å²) in [6.07, 6.45) is 7.46. The first-order valence-electron chi connectivity index (χ1n) is 21.8. The Morgan fingerprint density at radius 3 is 2.39 bits per heavy atom. The number of carbonyl (C=O) groups is 4. The number of hydrogen-bond acceptors (Lipinski definition) is 9. The molecule has 1 saturated carbocycles. The molecule has 5 heterocycles. The summed E-state index contributed by atoms with van der Waals surface area (Å²) in [7, 11) is 2.68. The molecule has 14 nitrogen and oxygen atoms in total. The summed E-state index contributed by atoms with van der Waals surface area (Å²) in [4.78, 5) is 73.7. The molecular weight excluding hydrogens is 775 g/mol. The molecule has 3 amide bonds. The van der Waals surface area contributed by atoms with Gasteiger partial charge in [0, 0.05) is 31.2 Å². The second-order valence-electron chi connectivity index (χ2n) is 17.6. The van der Waals surface area contributed by atoms with Gasteiger partial charge in [0.15, 0.2) is 0 Å². The van der Waals surface area contributed by atoms with Crippen LogP contribution in [-0.2, 0) is 28.6 Å². The summed E-state index contributed by atoms with van der Waals surface area (Å²) in [5.74, 6) is 0.969. The van der Waals surface area contributed by atoms with E-state index in [1.807, 2.05) is 31.0 Å². The summed E-state index contributed by atoms with van der Waals surface area (Å²) in [5.41, 5.74) is 5.81. The van der Waals surface area contributed by atoms with Gasteiger partial charge in [-0.3, -0.25) is 14.4 Å². The minimum Gasteiger partial charge on any atom is -0.469 e. The van der Waals surface area contributed by atoms with Gasteiger partial charge in [-0.25, -0.2) is 14.8 Å². The predicted octanol–water partition coefficient (Wildman–Crippen LogP) is 7.48. The maximum atomic E-state index is 14.4. The number of hydrogen-bond donors (Lipinski definition) is 3. The number of likely N-dealkylation sites (tertiary alicyclic amines) is 2. The largest absolute Gasteiger partial charge is 0.469 e. The number of carbonyl (C=O) groups excluding carboxylic acids is 4. The lowest BCUT2D eigenvalue weighted by Crippen LogP contribution is -2.51. The molecular formula is C47H55N7O7. The average Bonchev–Trinajstić information content (AvgIpc) is 4.15. The van der Waals surface area contributed by atoms with Crippen molar-refractivity contribution in [3.63, 3.8) is 0 Å². The lowest BCUT2D eigenvalue weighted by molar-refractivity contribution is -0.152. The maximum absolute atomic E-state index is 14.4. The Morgan fingerprint density at radius 1 is 0.869 bits per heavy atom. The third-order valence-electron chi connectivity index (χ3n) is 13.7. The maximum Gasteiger partial charge on any atom is 0.407 e. The number of ether oxygens (including phenoxy) is 3. The van der Waals surface area contributed by atoms with Crippen LogP contribution in [0.4, 0.5) is 4.79 Å². The zero-order valence-electron chi connectivity index (χ0n) is 35.3. The number of benzene rings is 3. The van der Waals surface area contributed by atoms with E-state index >= 15 is 0 Å². The predicted molar refractivity (Wildman–Crippen MR) is 229 cm³/mol. The molecule has 4 fully saturated rings. The number of alkyl carbamates (subject to hydrolysis) is 1. The number of aromatic amines is 2. The molecule has 3 aromatic carbocycles. The van der Waals surface area contributed by atoms with Crippen LogP contribution in [0, 0.1) is 23.7 Å². The minimum absolute atomic E-state index is 0.0410. The Morgan fingerprint density at radius 2 is 1.64 bits per heavy atom. The van der Waals surface area contributed by atoms with Gasteiger partial charge in [-0.15, -0.1) is 0 Å². The van der Waals surface area contributed by atoms with Gasteiger partial charge in [0.2, 0.25) is 11.8 Å². The average molecular weight is 830 g/mol. The van der Waals surface area contributed by atoms with Crippen LogP contribution in [0.15, 0.2) is 60.8 Å². The number of rotatable bonds is 11. The van der Waals surface area contributed by atoms with Crippen molar-refractivity contribution in [2.75, 3.05) is 34.0 Å². The lowest BCUT2D eigenvalue weighted by Gasteiger charge is -2.39. The fourth-order valence-corrected chi connectivity index (χ4v) is 10.5.